The molecule has 96 valence electrons. The van der Waals surface area contributed by atoms with Crippen molar-refractivity contribution in [3.05, 3.63) is 11.8 Å². The van der Waals surface area contributed by atoms with Gasteiger partial charge >= 0.3 is 0 Å². The van der Waals surface area contributed by atoms with E-state index in [0.717, 1.165) is 25.3 Å². The molecule has 0 bridgehead atoms. The Hall–Kier alpha value is -1.03. The van der Waals surface area contributed by atoms with Crippen LogP contribution >= 0.6 is 0 Å². The molecule has 4 heteroatoms. The molecule has 0 aromatic carbocycles. The van der Waals surface area contributed by atoms with E-state index in [9.17, 15) is 4.79 Å². The van der Waals surface area contributed by atoms with Gasteiger partial charge in [0.2, 0.25) is 0 Å². The number of rotatable bonds is 2. The Labute approximate surface area is 103 Å². The second-order valence-corrected chi connectivity index (χ2v) is 5.83. The van der Waals surface area contributed by atoms with Gasteiger partial charge < -0.3 is 15.0 Å². The summed E-state index contributed by atoms with van der Waals surface area (Å²) in [5, 5.41) is 3.30. The van der Waals surface area contributed by atoms with E-state index < -0.39 is 0 Å². The number of ether oxygens (including phenoxy) is 1. The molecule has 0 radical (unpaired) electrons. The number of nitrogens with one attached hydrogen (secondary N) is 1. The zero-order valence-corrected chi connectivity index (χ0v) is 11.1. The maximum Gasteiger partial charge on any atom is 0.250 e. The summed E-state index contributed by atoms with van der Waals surface area (Å²) in [6, 6.07) is 0.376. The number of hydrogen-bond acceptors (Lipinski definition) is 3. The number of carbonyl (C=O) groups is 1. The van der Waals surface area contributed by atoms with Gasteiger partial charge in [-0.25, -0.2) is 0 Å². The van der Waals surface area contributed by atoms with Crippen LogP contribution in [-0.2, 0) is 9.53 Å². The van der Waals surface area contributed by atoms with E-state index in [1.54, 1.807) is 6.08 Å². The highest BCUT2D eigenvalue weighted by Gasteiger charge is 2.38. The van der Waals surface area contributed by atoms with Crippen molar-refractivity contribution in [3.63, 3.8) is 0 Å². The fourth-order valence-electron chi connectivity index (χ4n) is 2.49. The van der Waals surface area contributed by atoms with Crippen molar-refractivity contribution >= 4 is 5.91 Å². The molecule has 2 atom stereocenters. The summed E-state index contributed by atoms with van der Waals surface area (Å²) in [7, 11) is 0. The van der Waals surface area contributed by atoms with Crippen LogP contribution in [0.5, 0.6) is 0 Å². The van der Waals surface area contributed by atoms with E-state index in [0.29, 0.717) is 6.04 Å². The van der Waals surface area contributed by atoms with Crippen LogP contribution in [0.3, 0.4) is 0 Å². The lowest BCUT2D eigenvalue weighted by atomic mass is 10.1. The molecular formula is C13H22N2O2. The first-order valence-electron chi connectivity index (χ1n) is 6.32. The average Bonchev–Trinajstić information content (AvgIpc) is 2.74. The van der Waals surface area contributed by atoms with E-state index in [1.807, 2.05) is 32.6 Å². The molecule has 0 aromatic heterocycles. The number of nitrogens with zero attached hydrogens (tertiary/aromatic N) is 1. The molecule has 0 aromatic rings. The summed E-state index contributed by atoms with van der Waals surface area (Å²) in [6.45, 7) is 9.95. The number of hydrogen-bond donors (Lipinski definition) is 1. The molecule has 0 aliphatic carbocycles. The minimum Gasteiger partial charge on any atom is -0.490 e. The van der Waals surface area contributed by atoms with E-state index in [4.69, 9.17) is 4.74 Å². The van der Waals surface area contributed by atoms with Crippen molar-refractivity contribution in [2.45, 2.75) is 51.8 Å². The van der Waals surface area contributed by atoms with Crippen molar-refractivity contribution in [1.29, 1.82) is 0 Å². The van der Waals surface area contributed by atoms with Crippen LogP contribution in [0, 0.1) is 0 Å². The standard InChI is InChI=1S/C13H22N2O2/c1-9-11(17-13(2,3)4)7-12(16)15(9)10-5-6-14-8-10/h7,9-10,14H,5-6,8H2,1-4H3. The van der Waals surface area contributed by atoms with Crippen LogP contribution < -0.4 is 5.32 Å². The van der Waals surface area contributed by atoms with Gasteiger partial charge in [-0.1, -0.05) is 0 Å². The highest BCUT2D eigenvalue weighted by Crippen LogP contribution is 2.28. The van der Waals surface area contributed by atoms with Gasteiger partial charge in [-0.15, -0.1) is 0 Å². The molecule has 2 aliphatic heterocycles. The summed E-state index contributed by atoms with van der Waals surface area (Å²) in [5.74, 6) is 0.889. The summed E-state index contributed by atoms with van der Waals surface area (Å²) < 4.78 is 5.85. The molecule has 17 heavy (non-hydrogen) atoms. The normalized spacial score (nSPS) is 29.8. The van der Waals surface area contributed by atoms with Crippen LogP contribution in [0.4, 0.5) is 0 Å². The lowest BCUT2D eigenvalue weighted by Crippen LogP contribution is -2.43. The molecule has 4 nitrogen and oxygen atoms in total. The van der Waals surface area contributed by atoms with Crippen molar-refractivity contribution in [2.24, 2.45) is 0 Å². The topological polar surface area (TPSA) is 41.6 Å². The Kier molecular flexibility index (Phi) is 3.17. The maximum absolute atomic E-state index is 12.0. The Morgan fingerprint density at radius 3 is 2.71 bits per heavy atom. The zero-order valence-electron chi connectivity index (χ0n) is 11.1. The van der Waals surface area contributed by atoms with Gasteiger partial charge in [0, 0.05) is 18.7 Å². The molecule has 1 saturated heterocycles. The summed E-state index contributed by atoms with van der Waals surface area (Å²) in [6.07, 6.45) is 2.68. The lowest BCUT2D eigenvalue weighted by molar-refractivity contribution is -0.128. The predicted octanol–water partition coefficient (Wildman–Crippen LogP) is 1.28. The third-order valence-corrected chi connectivity index (χ3v) is 3.20. The maximum atomic E-state index is 12.0. The highest BCUT2D eigenvalue weighted by atomic mass is 16.5. The second kappa shape index (κ2) is 4.33. The molecule has 1 amide bonds. The summed E-state index contributed by atoms with van der Waals surface area (Å²) in [4.78, 5) is 14.0. The first-order chi connectivity index (χ1) is 7.88. The Morgan fingerprint density at radius 2 is 2.18 bits per heavy atom. The van der Waals surface area contributed by atoms with E-state index >= 15 is 0 Å². The van der Waals surface area contributed by atoms with Gasteiger partial charge in [0.05, 0.1) is 6.04 Å². The van der Waals surface area contributed by atoms with Crippen LogP contribution in [0.2, 0.25) is 0 Å². The molecule has 2 rings (SSSR count). The molecule has 0 saturated carbocycles. The van der Waals surface area contributed by atoms with Crippen LogP contribution in [0.15, 0.2) is 11.8 Å². The minimum atomic E-state index is -0.246. The van der Waals surface area contributed by atoms with Crippen molar-refractivity contribution in [3.8, 4) is 0 Å². The van der Waals surface area contributed by atoms with Gasteiger partial charge in [-0.2, -0.15) is 0 Å². The molecule has 0 spiro atoms. The fourth-order valence-corrected chi connectivity index (χ4v) is 2.49. The van der Waals surface area contributed by atoms with Gasteiger partial charge in [0.25, 0.3) is 5.91 Å². The Bertz CT molecular complexity index is 338. The number of amides is 1. The lowest BCUT2D eigenvalue weighted by Gasteiger charge is -2.31. The SMILES string of the molecule is CC1C(OC(C)(C)C)=CC(=O)N1C1CCNC1. The van der Waals surface area contributed by atoms with Crippen LogP contribution in [0.1, 0.15) is 34.1 Å². The van der Waals surface area contributed by atoms with Crippen LogP contribution in [0.25, 0.3) is 0 Å². The van der Waals surface area contributed by atoms with E-state index in [2.05, 4.69) is 5.32 Å². The quantitative estimate of drug-likeness (QED) is 0.788. The Balaban J connectivity index is 2.07. The monoisotopic (exact) mass is 238 g/mol. The van der Waals surface area contributed by atoms with E-state index in [1.165, 1.54) is 0 Å². The first-order valence-corrected chi connectivity index (χ1v) is 6.32. The predicted molar refractivity (Wildman–Crippen MR) is 66.5 cm³/mol. The van der Waals surface area contributed by atoms with Gasteiger partial charge in [0.1, 0.15) is 11.4 Å². The summed E-state index contributed by atoms with van der Waals surface area (Å²) in [5.41, 5.74) is -0.246. The summed E-state index contributed by atoms with van der Waals surface area (Å²) >= 11 is 0. The Morgan fingerprint density at radius 1 is 1.47 bits per heavy atom. The smallest absolute Gasteiger partial charge is 0.250 e. The second-order valence-electron chi connectivity index (χ2n) is 5.83. The van der Waals surface area contributed by atoms with Gasteiger partial charge in [-0.05, 0) is 40.7 Å². The zero-order chi connectivity index (χ0) is 12.6. The van der Waals surface area contributed by atoms with Crippen molar-refractivity contribution in [1.82, 2.24) is 10.2 Å². The first kappa shape index (κ1) is 12.4. The molecule has 2 heterocycles. The molecule has 2 unspecified atom stereocenters. The average molecular weight is 238 g/mol. The van der Waals surface area contributed by atoms with Crippen LogP contribution in [-0.4, -0.2) is 41.6 Å². The van der Waals surface area contributed by atoms with Gasteiger partial charge in [0.15, 0.2) is 0 Å². The van der Waals surface area contributed by atoms with Crippen molar-refractivity contribution < 1.29 is 9.53 Å². The molecule has 2 aliphatic rings. The number of carbonyl (C=O) groups excluding carboxylic acids is 1. The highest BCUT2D eigenvalue weighted by molar-refractivity contribution is 5.91. The molecule has 1 fully saturated rings. The molecule has 1 N–H and O–H groups in total. The molecular weight excluding hydrogens is 216 g/mol. The van der Waals surface area contributed by atoms with Gasteiger partial charge in [-0.3, -0.25) is 4.79 Å². The third kappa shape index (κ3) is 2.63. The van der Waals surface area contributed by atoms with E-state index in [-0.39, 0.29) is 17.6 Å². The fraction of sp³-hybridized carbons (Fsp3) is 0.769. The minimum absolute atomic E-state index is 0.0617. The van der Waals surface area contributed by atoms with Crippen molar-refractivity contribution in [2.75, 3.05) is 13.1 Å². The third-order valence-electron chi connectivity index (χ3n) is 3.20. The largest absolute Gasteiger partial charge is 0.490 e.